The van der Waals surface area contributed by atoms with E-state index in [1.807, 2.05) is 0 Å². The summed E-state index contributed by atoms with van der Waals surface area (Å²) in [5, 5.41) is 25.5. The van der Waals surface area contributed by atoms with Gasteiger partial charge in [0.15, 0.2) is 0 Å². The van der Waals surface area contributed by atoms with Gasteiger partial charge in [-0.05, 0) is 44.0 Å². The van der Waals surface area contributed by atoms with E-state index in [9.17, 15) is 23.6 Å². The number of hydrogen-bond acceptors (Lipinski definition) is 7. The molecule has 9 nitrogen and oxygen atoms in total. The van der Waals surface area contributed by atoms with Crippen molar-refractivity contribution in [3.05, 3.63) is 58.1 Å². The monoisotopic (exact) mass is 418 g/mol. The van der Waals surface area contributed by atoms with Gasteiger partial charge in [0.05, 0.1) is 15.5 Å². The minimum atomic E-state index is -3.78. The second-order valence-corrected chi connectivity index (χ2v) is 8.66. The van der Waals surface area contributed by atoms with Crippen LogP contribution in [0.1, 0.15) is 31.7 Å². The van der Waals surface area contributed by atoms with Gasteiger partial charge in [0.25, 0.3) is 5.69 Å². The summed E-state index contributed by atoms with van der Waals surface area (Å²) in [5.41, 5.74) is 3.17. The molecule has 0 unspecified atom stereocenters. The van der Waals surface area contributed by atoms with Crippen LogP contribution in [0.4, 0.5) is 11.4 Å². The number of rotatable bonds is 6. The summed E-state index contributed by atoms with van der Waals surface area (Å²) in [6.45, 7) is 2.48. The molecular weight excluding hydrogens is 396 g/mol. The van der Waals surface area contributed by atoms with Crippen molar-refractivity contribution in [1.29, 1.82) is 0 Å². The fourth-order valence-electron chi connectivity index (χ4n) is 3.16. The number of piperidine rings is 1. The SMILES string of the molecule is C/C(=N\Nc1ccc(S(=O)(=O)N2CCCCC2)cc1[N+](=O)[O-])c1ccccc1O. The number of para-hydroxylation sites is 1. The van der Waals surface area contributed by atoms with Crippen molar-refractivity contribution in [2.75, 3.05) is 18.5 Å². The van der Waals surface area contributed by atoms with E-state index in [2.05, 4.69) is 10.5 Å². The third kappa shape index (κ3) is 4.54. The molecule has 2 aromatic rings. The van der Waals surface area contributed by atoms with Gasteiger partial charge in [-0.3, -0.25) is 15.5 Å². The van der Waals surface area contributed by atoms with E-state index in [4.69, 9.17) is 0 Å². The number of hydrogen-bond donors (Lipinski definition) is 2. The predicted molar refractivity (Wildman–Crippen MR) is 110 cm³/mol. The summed E-state index contributed by atoms with van der Waals surface area (Å²) < 4.78 is 26.9. The average molecular weight is 418 g/mol. The van der Waals surface area contributed by atoms with Crippen LogP contribution in [-0.4, -0.2) is 41.6 Å². The van der Waals surface area contributed by atoms with Crippen LogP contribution < -0.4 is 5.43 Å². The Hall–Kier alpha value is -2.98. The number of sulfonamides is 1. The van der Waals surface area contributed by atoms with Crippen molar-refractivity contribution in [1.82, 2.24) is 4.31 Å². The number of phenolic OH excluding ortho intramolecular Hbond substituents is 1. The lowest BCUT2D eigenvalue weighted by atomic mass is 10.1. The van der Waals surface area contributed by atoms with Gasteiger partial charge >= 0.3 is 0 Å². The largest absolute Gasteiger partial charge is 0.507 e. The molecule has 154 valence electrons. The van der Waals surface area contributed by atoms with Crippen molar-refractivity contribution >= 4 is 27.1 Å². The van der Waals surface area contributed by atoms with E-state index in [1.165, 1.54) is 22.5 Å². The molecule has 0 spiro atoms. The summed E-state index contributed by atoms with van der Waals surface area (Å²) in [4.78, 5) is 10.8. The maximum absolute atomic E-state index is 12.8. The smallest absolute Gasteiger partial charge is 0.295 e. The Morgan fingerprint density at radius 2 is 1.86 bits per heavy atom. The van der Waals surface area contributed by atoms with Gasteiger partial charge in [-0.25, -0.2) is 8.42 Å². The van der Waals surface area contributed by atoms with E-state index >= 15 is 0 Å². The van der Waals surface area contributed by atoms with E-state index in [0.29, 0.717) is 24.4 Å². The molecule has 10 heteroatoms. The van der Waals surface area contributed by atoms with Crippen LogP contribution in [0.3, 0.4) is 0 Å². The fraction of sp³-hybridized carbons (Fsp3) is 0.316. The number of nitrogens with one attached hydrogen (secondary N) is 1. The maximum atomic E-state index is 12.8. The minimum Gasteiger partial charge on any atom is -0.507 e. The van der Waals surface area contributed by atoms with Gasteiger partial charge in [-0.1, -0.05) is 18.6 Å². The third-order valence-corrected chi connectivity index (χ3v) is 6.65. The van der Waals surface area contributed by atoms with E-state index < -0.39 is 20.6 Å². The first-order chi connectivity index (χ1) is 13.8. The summed E-state index contributed by atoms with van der Waals surface area (Å²) in [6.07, 6.45) is 2.53. The first-order valence-electron chi connectivity index (χ1n) is 9.18. The predicted octanol–water partition coefficient (Wildman–Crippen LogP) is 3.31. The van der Waals surface area contributed by atoms with E-state index in [0.717, 1.165) is 25.3 Å². The van der Waals surface area contributed by atoms with Gasteiger partial charge in [0.2, 0.25) is 10.0 Å². The lowest BCUT2D eigenvalue weighted by Gasteiger charge is -2.25. The Kier molecular flexibility index (Phi) is 6.14. The van der Waals surface area contributed by atoms with Crippen molar-refractivity contribution in [3.63, 3.8) is 0 Å². The van der Waals surface area contributed by atoms with Crippen LogP contribution >= 0.6 is 0 Å². The first kappa shape index (κ1) is 20.7. The molecule has 0 aliphatic carbocycles. The quantitative estimate of drug-likeness (QED) is 0.421. The Morgan fingerprint density at radius 3 is 2.52 bits per heavy atom. The second kappa shape index (κ2) is 8.58. The normalized spacial score (nSPS) is 15.8. The molecule has 0 bridgehead atoms. The van der Waals surface area contributed by atoms with Crippen molar-refractivity contribution < 1.29 is 18.4 Å². The number of nitro benzene ring substituents is 1. The van der Waals surface area contributed by atoms with E-state index in [-0.39, 0.29) is 16.3 Å². The Bertz CT molecular complexity index is 1050. The molecule has 1 aliphatic rings. The lowest BCUT2D eigenvalue weighted by Crippen LogP contribution is -2.35. The highest BCUT2D eigenvalue weighted by molar-refractivity contribution is 7.89. The van der Waals surface area contributed by atoms with Crippen molar-refractivity contribution in [2.45, 2.75) is 31.1 Å². The molecular formula is C19H22N4O5S. The number of nitrogens with zero attached hydrogens (tertiary/aromatic N) is 3. The second-order valence-electron chi connectivity index (χ2n) is 6.73. The molecule has 0 saturated carbocycles. The van der Waals surface area contributed by atoms with Crippen molar-refractivity contribution in [3.8, 4) is 5.75 Å². The molecule has 0 radical (unpaired) electrons. The number of nitro groups is 1. The summed E-state index contributed by atoms with van der Waals surface area (Å²) in [6, 6.07) is 10.3. The Labute approximate surface area is 168 Å². The van der Waals surface area contributed by atoms with Gasteiger partial charge in [0, 0.05) is 24.7 Å². The zero-order valence-corrected chi connectivity index (χ0v) is 16.7. The number of anilines is 1. The Morgan fingerprint density at radius 1 is 1.17 bits per heavy atom. The zero-order valence-electron chi connectivity index (χ0n) is 15.9. The number of aromatic hydroxyl groups is 1. The van der Waals surface area contributed by atoms with Gasteiger partial charge < -0.3 is 5.11 Å². The number of hydrazone groups is 1. The Balaban J connectivity index is 1.90. The molecule has 1 saturated heterocycles. The molecule has 0 amide bonds. The topological polar surface area (TPSA) is 125 Å². The third-order valence-electron chi connectivity index (χ3n) is 4.76. The fourth-order valence-corrected chi connectivity index (χ4v) is 4.69. The van der Waals surface area contributed by atoms with Crippen molar-refractivity contribution in [2.24, 2.45) is 5.10 Å². The van der Waals surface area contributed by atoms with Gasteiger partial charge in [-0.2, -0.15) is 9.41 Å². The van der Waals surface area contributed by atoms with E-state index in [1.54, 1.807) is 25.1 Å². The summed E-state index contributed by atoms with van der Waals surface area (Å²) in [5.74, 6) is 0.0352. The van der Waals surface area contributed by atoms with Crippen LogP contribution in [-0.2, 0) is 10.0 Å². The molecule has 3 rings (SSSR count). The number of phenols is 1. The first-order valence-corrected chi connectivity index (χ1v) is 10.6. The van der Waals surface area contributed by atoms with Gasteiger partial charge in [0.1, 0.15) is 11.4 Å². The molecule has 29 heavy (non-hydrogen) atoms. The highest BCUT2D eigenvalue weighted by Crippen LogP contribution is 2.30. The molecule has 2 aromatic carbocycles. The molecule has 0 atom stereocenters. The van der Waals surface area contributed by atoms with Gasteiger partial charge in [-0.15, -0.1) is 0 Å². The highest BCUT2D eigenvalue weighted by atomic mass is 32.2. The molecule has 0 aromatic heterocycles. The summed E-state index contributed by atoms with van der Waals surface area (Å²) >= 11 is 0. The minimum absolute atomic E-state index is 0.0352. The summed E-state index contributed by atoms with van der Waals surface area (Å²) in [7, 11) is -3.78. The van der Waals surface area contributed by atoms with Crippen LogP contribution in [0.15, 0.2) is 52.5 Å². The molecule has 1 aliphatic heterocycles. The average Bonchev–Trinajstić information content (AvgIpc) is 2.72. The van der Waals surface area contributed by atoms with Crippen LogP contribution in [0.5, 0.6) is 5.75 Å². The van der Waals surface area contributed by atoms with Crippen LogP contribution in [0, 0.1) is 10.1 Å². The maximum Gasteiger partial charge on any atom is 0.295 e. The molecule has 2 N–H and O–H groups in total. The number of benzene rings is 2. The highest BCUT2D eigenvalue weighted by Gasteiger charge is 2.28. The van der Waals surface area contributed by atoms with Crippen LogP contribution in [0.25, 0.3) is 0 Å². The molecule has 1 fully saturated rings. The van der Waals surface area contributed by atoms with Crippen LogP contribution in [0.2, 0.25) is 0 Å². The lowest BCUT2D eigenvalue weighted by molar-refractivity contribution is -0.384. The zero-order chi connectivity index (χ0) is 21.0. The molecule has 1 heterocycles. The standard InChI is InChI=1S/C19H22N4O5S/c1-14(16-7-3-4-8-19(16)24)20-21-17-10-9-15(13-18(17)23(25)26)29(27,28)22-11-5-2-6-12-22/h3-4,7-10,13,21,24H,2,5-6,11-12H2,1H3/b20-14+.